The lowest BCUT2D eigenvalue weighted by Crippen LogP contribution is -2.53. The van der Waals surface area contributed by atoms with E-state index in [-0.39, 0.29) is 12.3 Å². The van der Waals surface area contributed by atoms with E-state index in [1.54, 1.807) is 24.3 Å². The lowest BCUT2D eigenvalue weighted by Gasteiger charge is -2.28. The second kappa shape index (κ2) is 6.05. The molecule has 1 aromatic carbocycles. The Morgan fingerprint density at radius 2 is 2.00 bits per heavy atom. The van der Waals surface area contributed by atoms with Crippen molar-refractivity contribution in [2.75, 3.05) is 7.05 Å². The standard InChI is InChI=1S/C14H15ClN2O3/c1-17-11(18)8-7-10(14(17)20)16-13(19)12(15)9-5-3-2-4-6-9/h2-6,10,12H,7-8H2,1H3,(H,16,19). The van der Waals surface area contributed by atoms with Crippen molar-refractivity contribution in [2.24, 2.45) is 0 Å². The van der Waals surface area contributed by atoms with Gasteiger partial charge in [-0.1, -0.05) is 30.3 Å². The Morgan fingerprint density at radius 3 is 2.65 bits per heavy atom. The number of piperidine rings is 1. The van der Waals surface area contributed by atoms with Gasteiger partial charge in [-0.05, 0) is 12.0 Å². The van der Waals surface area contributed by atoms with Crippen LogP contribution in [-0.4, -0.2) is 35.7 Å². The summed E-state index contributed by atoms with van der Waals surface area (Å²) in [4.78, 5) is 36.3. The first-order chi connectivity index (χ1) is 9.50. The van der Waals surface area contributed by atoms with Crippen LogP contribution in [0.25, 0.3) is 0 Å². The number of rotatable bonds is 3. The maximum absolute atomic E-state index is 12.0. The number of benzene rings is 1. The summed E-state index contributed by atoms with van der Waals surface area (Å²) in [5.74, 6) is -1.06. The molecule has 0 bridgehead atoms. The van der Waals surface area contributed by atoms with Gasteiger partial charge in [-0.2, -0.15) is 0 Å². The number of alkyl halides is 1. The van der Waals surface area contributed by atoms with Crippen molar-refractivity contribution in [2.45, 2.75) is 24.3 Å². The van der Waals surface area contributed by atoms with Gasteiger partial charge in [0, 0.05) is 13.5 Å². The number of carbonyl (C=O) groups excluding carboxylic acids is 3. The Kier molecular flexibility index (Phi) is 4.39. The molecule has 1 aromatic rings. The number of nitrogens with one attached hydrogen (secondary N) is 1. The highest BCUT2D eigenvalue weighted by Gasteiger charge is 2.33. The van der Waals surface area contributed by atoms with Crippen LogP contribution in [0.3, 0.4) is 0 Å². The van der Waals surface area contributed by atoms with E-state index in [1.165, 1.54) is 7.05 Å². The summed E-state index contributed by atoms with van der Waals surface area (Å²) in [7, 11) is 1.42. The number of hydrogen-bond donors (Lipinski definition) is 1. The fourth-order valence-electron chi connectivity index (χ4n) is 2.07. The number of hydrogen-bond acceptors (Lipinski definition) is 3. The van der Waals surface area contributed by atoms with Crippen molar-refractivity contribution in [3.8, 4) is 0 Å². The van der Waals surface area contributed by atoms with E-state index >= 15 is 0 Å². The number of halogens is 1. The van der Waals surface area contributed by atoms with Gasteiger partial charge in [-0.3, -0.25) is 19.3 Å². The van der Waals surface area contributed by atoms with Crippen molar-refractivity contribution in [1.82, 2.24) is 10.2 Å². The predicted octanol–water partition coefficient (Wildman–Crippen LogP) is 1.23. The molecule has 6 heteroatoms. The largest absolute Gasteiger partial charge is 0.343 e. The zero-order valence-corrected chi connectivity index (χ0v) is 11.8. The summed E-state index contributed by atoms with van der Waals surface area (Å²) in [5, 5.41) is 1.75. The van der Waals surface area contributed by atoms with E-state index in [0.29, 0.717) is 12.0 Å². The van der Waals surface area contributed by atoms with Gasteiger partial charge in [0.25, 0.3) is 5.91 Å². The first kappa shape index (κ1) is 14.5. The number of amides is 3. The molecule has 0 aliphatic carbocycles. The molecule has 3 amide bonds. The molecule has 1 saturated heterocycles. The number of imide groups is 1. The molecule has 1 aliphatic rings. The highest BCUT2D eigenvalue weighted by atomic mass is 35.5. The minimum atomic E-state index is -0.855. The highest BCUT2D eigenvalue weighted by molar-refractivity contribution is 6.31. The van der Waals surface area contributed by atoms with Gasteiger partial charge < -0.3 is 5.32 Å². The predicted molar refractivity (Wildman–Crippen MR) is 74.0 cm³/mol. The molecule has 1 aliphatic heterocycles. The van der Waals surface area contributed by atoms with Crippen LogP contribution in [0.4, 0.5) is 0 Å². The smallest absolute Gasteiger partial charge is 0.251 e. The second-order valence-corrected chi connectivity index (χ2v) is 5.10. The molecule has 20 heavy (non-hydrogen) atoms. The molecule has 2 atom stereocenters. The van der Waals surface area contributed by atoms with Crippen molar-refractivity contribution in [3.63, 3.8) is 0 Å². The Morgan fingerprint density at radius 1 is 1.35 bits per heavy atom. The van der Waals surface area contributed by atoms with Crippen molar-refractivity contribution >= 4 is 29.3 Å². The van der Waals surface area contributed by atoms with E-state index in [2.05, 4.69) is 5.32 Å². The van der Waals surface area contributed by atoms with Gasteiger partial charge >= 0.3 is 0 Å². The molecule has 5 nitrogen and oxygen atoms in total. The molecule has 0 aromatic heterocycles. The van der Waals surface area contributed by atoms with E-state index in [0.717, 1.165) is 4.90 Å². The van der Waals surface area contributed by atoms with E-state index in [1.807, 2.05) is 6.07 Å². The first-order valence-electron chi connectivity index (χ1n) is 6.30. The third kappa shape index (κ3) is 2.99. The van der Waals surface area contributed by atoms with Crippen LogP contribution in [0, 0.1) is 0 Å². The zero-order chi connectivity index (χ0) is 14.7. The molecule has 0 saturated carbocycles. The molecule has 106 valence electrons. The fraction of sp³-hybridized carbons (Fsp3) is 0.357. The second-order valence-electron chi connectivity index (χ2n) is 4.66. The van der Waals surface area contributed by atoms with E-state index in [4.69, 9.17) is 11.6 Å². The topological polar surface area (TPSA) is 66.5 Å². The molecule has 0 spiro atoms. The summed E-state index contributed by atoms with van der Waals surface area (Å²) in [6.07, 6.45) is 0.553. The average Bonchev–Trinajstić information content (AvgIpc) is 2.48. The average molecular weight is 295 g/mol. The molecule has 2 unspecified atom stereocenters. The van der Waals surface area contributed by atoms with Crippen molar-refractivity contribution < 1.29 is 14.4 Å². The maximum Gasteiger partial charge on any atom is 0.251 e. The third-order valence-corrected chi connectivity index (χ3v) is 3.74. The third-order valence-electron chi connectivity index (χ3n) is 3.29. The van der Waals surface area contributed by atoms with Gasteiger partial charge in [-0.15, -0.1) is 11.6 Å². The van der Waals surface area contributed by atoms with Crippen LogP contribution in [0.15, 0.2) is 30.3 Å². The summed E-state index contributed by atoms with van der Waals surface area (Å²) in [5.41, 5.74) is 0.666. The molecule has 1 fully saturated rings. The minimum Gasteiger partial charge on any atom is -0.343 e. The lowest BCUT2D eigenvalue weighted by molar-refractivity contribution is -0.149. The van der Waals surface area contributed by atoms with Crippen LogP contribution in [0.1, 0.15) is 23.8 Å². The molecular formula is C14H15ClN2O3. The Balaban J connectivity index is 2.01. The fourth-order valence-corrected chi connectivity index (χ4v) is 2.28. The maximum atomic E-state index is 12.0. The number of carbonyl (C=O) groups is 3. The van der Waals surface area contributed by atoms with Gasteiger partial charge in [-0.25, -0.2) is 0 Å². The Labute approximate surface area is 121 Å². The Hall–Kier alpha value is -1.88. The van der Waals surface area contributed by atoms with E-state index < -0.39 is 23.2 Å². The minimum absolute atomic E-state index is 0.231. The number of nitrogens with zero attached hydrogens (tertiary/aromatic N) is 1. The van der Waals surface area contributed by atoms with Gasteiger partial charge in [0.15, 0.2) is 0 Å². The van der Waals surface area contributed by atoms with Crippen LogP contribution < -0.4 is 5.32 Å². The van der Waals surface area contributed by atoms with Gasteiger partial charge in [0.1, 0.15) is 11.4 Å². The quantitative estimate of drug-likeness (QED) is 0.673. The van der Waals surface area contributed by atoms with Crippen LogP contribution in [0.5, 0.6) is 0 Å². The van der Waals surface area contributed by atoms with Crippen molar-refractivity contribution in [1.29, 1.82) is 0 Å². The summed E-state index contributed by atoms with van der Waals surface area (Å²) in [6.45, 7) is 0. The number of likely N-dealkylation sites (tertiary alicyclic amines) is 1. The molecule has 1 heterocycles. The number of likely N-dealkylation sites (N-methyl/N-ethyl adjacent to an activating group) is 1. The highest BCUT2D eigenvalue weighted by Crippen LogP contribution is 2.21. The lowest BCUT2D eigenvalue weighted by atomic mass is 10.0. The summed E-state index contributed by atoms with van der Waals surface area (Å²) >= 11 is 6.08. The molecular weight excluding hydrogens is 280 g/mol. The first-order valence-corrected chi connectivity index (χ1v) is 6.74. The van der Waals surface area contributed by atoms with Gasteiger partial charge in [0.05, 0.1) is 0 Å². The SMILES string of the molecule is CN1C(=O)CCC(NC(=O)C(Cl)c2ccccc2)C1=O. The van der Waals surface area contributed by atoms with Crippen LogP contribution in [0.2, 0.25) is 0 Å². The summed E-state index contributed by atoms with van der Waals surface area (Å²) in [6, 6.07) is 8.21. The van der Waals surface area contributed by atoms with Crippen LogP contribution >= 0.6 is 11.6 Å². The summed E-state index contributed by atoms with van der Waals surface area (Å²) < 4.78 is 0. The monoisotopic (exact) mass is 294 g/mol. The molecule has 1 N–H and O–H groups in total. The van der Waals surface area contributed by atoms with E-state index in [9.17, 15) is 14.4 Å². The Bertz CT molecular complexity index is 532. The molecule has 0 radical (unpaired) electrons. The van der Waals surface area contributed by atoms with Crippen molar-refractivity contribution in [3.05, 3.63) is 35.9 Å². The van der Waals surface area contributed by atoms with Crippen LogP contribution in [-0.2, 0) is 14.4 Å². The van der Waals surface area contributed by atoms with Gasteiger partial charge in [0.2, 0.25) is 11.8 Å². The normalized spacial score (nSPS) is 20.7. The zero-order valence-electron chi connectivity index (χ0n) is 11.0. The molecule has 2 rings (SSSR count).